The Bertz CT molecular complexity index is 877. The van der Waals surface area contributed by atoms with E-state index < -0.39 is 5.60 Å². The molecule has 4 rings (SSSR count). The van der Waals surface area contributed by atoms with Gasteiger partial charge in [0.15, 0.2) is 0 Å². The van der Waals surface area contributed by atoms with E-state index in [2.05, 4.69) is 36.8 Å². The third-order valence-corrected chi connectivity index (χ3v) is 4.91. The van der Waals surface area contributed by atoms with Gasteiger partial charge in [0, 0.05) is 19.2 Å². The average molecular weight is 344 g/mol. The fraction of sp³-hybridized carbons (Fsp3) is 0.471. The van der Waals surface area contributed by atoms with Gasteiger partial charge in [0.1, 0.15) is 22.9 Å². The van der Waals surface area contributed by atoms with Crippen molar-refractivity contribution in [3.63, 3.8) is 0 Å². The van der Waals surface area contributed by atoms with Crippen molar-refractivity contribution in [2.24, 2.45) is 0 Å². The number of aromatic nitrogens is 5. The SMILES string of the molecule is CCn1c(CN2CCCC(O)(c3cn[nH]n3)C2)nc2cc(F)ccc21. The summed E-state index contributed by atoms with van der Waals surface area (Å²) in [6.07, 6.45) is 3.10. The van der Waals surface area contributed by atoms with Gasteiger partial charge in [-0.15, -0.1) is 0 Å². The number of H-pyrrole nitrogens is 1. The molecule has 1 aliphatic rings. The van der Waals surface area contributed by atoms with Gasteiger partial charge in [-0.2, -0.15) is 15.4 Å². The Kier molecular flexibility index (Phi) is 4.01. The van der Waals surface area contributed by atoms with E-state index in [1.54, 1.807) is 12.3 Å². The minimum Gasteiger partial charge on any atom is -0.382 e. The number of fused-ring (bicyclic) bond motifs is 1. The molecule has 0 amide bonds. The van der Waals surface area contributed by atoms with Gasteiger partial charge in [-0.25, -0.2) is 9.37 Å². The average Bonchev–Trinajstić information content (AvgIpc) is 3.22. The highest BCUT2D eigenvalue weighted by molar-refractivity contribution is 5.76. The highest BCUT2D eigenvalue weighted by Crippen LogP contribution is 2.30. The van der Waals surface area contributed by atoms with Gasteiger partial charge in [-0.1, -0.05) is 0 Å². The van der Waals surface area contributed by atoms with E-state index in [4.69, 9.17) is 0 Å². The van der Waals surface area contributed by atoms with E-state index in [1.165, 1.54) is 12.1 Å². The first-order chi connectivity index (χ1) is 12.1. The number of likely N-dealkylation sites (tertiary alicyclic amines) is 1. The molecule has 1 aliphatic heterocycles. The number of imidazole rings is 1. The lowest BCUT2D eigenvalue weighted by Gasteiger charge is -2.37. The van der Waals surface area contributed by atoms with Crippen LogP contribution >= 0.6 is 0 Å². The number of aromatic amines is 1. The molecule has 1 fully saturated rings. The van der Waals surface area contributed by atoms with Crippen LogP contribution in [-0.4, -0.2) is 48.1 Å². The summed E-state index contributed by atoms with van der Waals surface area (Å²) in [5.74, 6) is 0.602. The first-order valence-corrected chi connectivity index (χ1v) is 8.55. The maximum Gasteiger partial charge on any atom is 0.125 e. The number of nitrogens with one attached hydrogen (secondary N) is 1. The molecule has 0 bridgehead atoms. The molecule has 1 aromatic carbocycles. The molecule has 0 radical (unpaired) electrons. The Morgan fingerprint density at radius 2 is 2.28 bits per heavy atom. The number of nitrogens with zero attached hydrogens (tertiary/aromatic N) is 5. The van der Waals surface area contributed by atoms with E-state index >= 15 is 0 Å². The number of piperidine rings is 1. The molecule has 3 aromatic rings. The van der Waals surface area contributed by atoms with Crippen LogP contribution in [0.25, 0.3) is 11.0 Å². The summed E-state index contributed by atoms with van der Waals surface area (Å²) in [7, 11) is 0. The Hall–Kier alpha value is -2.32. The second-order valence-corrected chi connectivity index (χ2v) is 6.61. The number of aryl methyl sites for hydroxylation is 1. The molecule has 1 saturated heterocycles. The second-order valence-electron chi connectivity index (χ2n) is 6.61. The van der Waals surface area contributed by atoms with Gasteiger partial charge in [-0.05, 0) is 38.4 Å². The molecule has 7 nitrogen and oxygen atoms in total. The third kappa shape index (κ3) is 2.91. The Morgan fingerprint density at radius 3 is 3.04 bits per heavy atom. The van der Waals surface area contributed by atoms with Gasteiger partial charge >= 0.3 is 0 Å². The molecule has 132 valence electrons. The van der Waals surface area contributed by atoms with Crippen LogP contribution in [0, 0.1) is 5.82 Å². The lowest BCUT2D eigenvalue weighted by atomic mass is 9.90. The van der Waals surface area contributed by atoms with Crippen LogP contribution in [0.2, 0.25) is 0 Å². The van der Waals surface area contributed by atoms with Crippen molar-refractivity contribution < 1.29 is 9.50 Å². The molecule has 25 heavy (non-hydrogen) atoms. The largest absolute Gasteiger partial charge is 0.382 e. The van der Waals surface area contributed by atoms with Crippen molar-refractivity contribution >= 4 is 11.0 Å². The molecule has 8 heteroatoms. The van der Waals surface area contributed by atoms with E-state index in [0.717, 1.165) is 30.9 Å². The topological polar surface area (TPSA) is 82.9 Å². The fourth-order valence-electron chi connectivity index (χ4n) is 3.72. The number of halogens is 1. The lowest BCUT2D eigenvalue weighted by molar-refractivity contribution is -0.0422. The fourth-order valence-corrected chi connectivity index (χ4v) is 3.72. The number of β-amino-alcohol motifs (C(OH)–C–C–N with tert-alkyl or cyclic N) is 1. The number of hydrogen-bond acceptors (Lipinski definition) is 5. The number of rotatable bonds is 4. The minimum atomic E-state index is -1.000. The maximum atomic E-state index is 13.5. The Balaban J connectivity index is 1.60. The van der Waals surface area contributed by atoms with Crippen LogP contribution in [0.5, 0.6) is 0 Å². The quantitative estimate of drug-likeness (QED) is 0.754. The Morgan fingerprint density at radius 1 is 1.40 bits per heavy atom. The van der Waals surface area contributed by atoms with Crippen molar-refractivity contribution in [3.05, 3.63) is 41.7 Å². The van der Waals surface area contributed by atoms with Crippen LogP contribution in [0.1, 0.15) is 31.3 Å². The highest BCUT2D eigenvalue weighted by atomic mass is 19.1. The second kappa shape index (κ2) is 6.20. The van der Waals surface area contributed by atoms with Crippen molar-refractivity contribution in [2.75, 3.05) is 13.1 Å². The zero-order chi connectivity index (χ0) is 17.4. The predicted octanol–water partition coefficient (Wildman–Crippen LogP) is 1.80. The summed E-state index contributed by atoms with van der Waals surface area (Å²) in [4.78, 5) is 6.78. The smallest absolute Gasteiger partial charge is 0.125 e. The molecular weight excluding hydrogens is 323 g/mol. The molecule has 0 spiro atoms. The molecule has 1 unspecified atom stereocenters. The van der Waals surface area contributed by atoms with Crippen molar-refractivity contribution in [1.29, 1.82) is 0 Å². The van der Waals surface area contributed by atoms with Crippen molar-refractivity contribution in [2.45, 2.75) is 38.5 Å². The summed E-state index contributed by atoms with van der Waals surface area (Å²) < 4.78 is 15.6. The minimum absolute atomic E-state index is 0.279. The predicted molar refractivity (Wildman–Crippen MR) is 90.2 cm³/mol. The lowest BCUT2D eigenvalue weighted by Crippen LogP contribution is -2.46. The Labute approximate surface area is 144 Å². The molecular formula is C17H21FN6O. The third-order valence-electron chi connectivity index (χ3n) is 4.91. The monoisotopic (exact) mass is 344 g/mol. The van der Waals surface area contributed by atoms with Crippen LogP contribution in [0.15, 0.2) is 24.4 Å². The van der Waals surface area contributed by atoms with Gasteiger partial charge in [-0.3, -0.25) is 4.90 Å². The molecule has 3 heterocycles. The van der Waals surface area contributed by atoms with Crippen LogP contribution in [0.4, 0.5) is 4.39 Å². The molecule has 2 N–H and O–H groups in total. The van der Waals surface area contributed by atoms with Gasteiger partial charge in [0.2, 0.25) is 0 Å². The molecule has 1 atom stereocenters. The van der Waals surface area contributed by atoms with E-state index in [0.29, 0.717) is 30.7 Å². The van der Waals surface area contributed by atoms with E-state index in [9.17, 15) is 9.50 Å². The first-order valence-electron chi connectivity index (χ1n) is 8.55. The van der Waals surface area contributed by atoms with Gasteiger partial charge < -0.3 is 9.67 Å². The molecule has 0 saturated carbocycles. The van der Waals surface area contributed by atoms with Gasteiger partial charge in [0.05, 0.1) is 23.8 Å². The molecule has 2 aromatic heterocycles. The highest BCUT2D eigenvalue weighted by Gasteiger charge is 2.37. The van der Waals surface area contributed by atoms with E-state index in [1.807, 2.05) is 0 Å². The van der Waals surface area contributed by atoms with Crippen LogP contribution in [0.3, 0.4) is 0 Å². The summed E-state index contributed by atoms with van der Waals surface area (Å²) in [5, 5.41) is 21.4. The van der Waals surface area contributed by atoms with Crippen molar-refractivity contribution in [3.8, 4) is 0 Å². The summed E-state index contributed by atoms with van der Waals surface area (Å²) in [5.41, 5.74) is 1.17. The number of hydrogen-bond donors (Lipinski definition) is 2. The molecule has 0 aliphatic carbocycles. The van der Waals surface area contributed by atoms with Gasteiger partial charge in [0.25, 0.3) is 0 Å². The normalized spacial score (nSPS) is 21.9. The summed E-state index contributed by atoms with van der Waals surface area (Å²) in [6, 6.07) is 4.70. The van der Waals surface area contributed by atoms with Crippen LogP contribution < -0.4 is 0 Å². The summed E-state index contributed by atoms with van der Waals surface area (Å²) >= 11 is 0. The zero-order valence-corrected chi connectivity index (χ0v) is 14.1. The maximum absolute atomic E-state index is 13.5. The standard InChI is InChI=1S/C17H21FN6O/c1-2-24-14-5-4-12(18)8-13(14)20-16(24)10-23-7-3-6-17(25,11-23)15-9-19-22-21-15/h4-5,8-9,25H,2-3,6-7,10-11H2,1H3,(H,19,21,22). The first kappa shape index (κ1) is 16.2. The van der Waals surface area contributed by atoms with E-state index in [-0.39, 0.29) is 5.82 Å². The number of aliphatic hydroxyl groups is 1. The zero-order valence-electron chi connectivity index (χ0n) is 14.1. The summed E-state index contributed by atoms with van der Waals surface area (Å²) in [6.45, 7) is 4.77. The van der Waals surface area contributed by atoms with Crippen molar-refractivity contribution in [1.82, 2.24) is 29.9 Å². The van der Waals surface area contributed by atoms with Crippen LogP contribution in [-0.2, 0) is 18.7 Å². The number of benzene rings is 1.